The molecule has 0 spiro atoms. The zero-order valence-electron chi connectivity index (χ0n) is 10.5. The van der Waals surface area contributed by atoms with E-state index in [1.54, 1.807) is 7.11 Å². The lowest BCUT2D eigenvalue weighted by atomic mass is 9.97. The molecule has 2 rings (SSSR count). The summed E-state index contributed by atoms with van der Waals surface area (Å²) in [7, 11) is 1.68. The van der Waals surface area contributed by atoms with Gasteiger partial charge < -0.3 is 10.1 Å². The zero-order valence-corrected chi connectivity index (χ0v) is 10.5. The molecule has 1 aromatic carbocycles. The third-order valence-electron chi connectivity index (χ3n) is 3.40. The van der Waals surface area contributed by atoms with Crippen LogP contribution < -0.4 is 10.1 Å². The summed E-state index contributed by atoms with van der Waals surface area (Å²) in [5, 5.41) is 3.09. The maximum atomic E-state index is 11.6. The number of carbonyl (C=O) groups is 1. The van der Waals surface area contributed by atoms with Crippen molar-refractivity contribution in [3.05, 3.63) is 29.3 Å². The van der Waals surface area contributed by atoms with Crippen LogP contribution in [0.3, 0.4) is 0 Å². The van der Waals surface area contributed by atoms with Gasteiger partial charge in [-0.1, -0.05) is 18.6 Å². The number of carbonyl (C=O) groups excluding carboxylic acids is 1. The van der Waals surface area contributed by atoms with E-state index in [0.717, 1.165) is 30.6 Å². The first-order valence-electron chi connectivity index (χ1n) is 6.15. The summed E-state index contributed by atoms with van der Waals surface area (Å²) in [6.45, 7) is 2.05. The van der Waals surface area contributed by atoms with Crippen molar-refractivity contribution in [3.63, 3.8) is 0 Å². The molecule has 0 saturated carbocycles. The Balaban J connectivity index is 2.29. The number of hydrogen-bond acceptors (Lipinski definition) is 2. The minimum Gasteiger partial charge on any atom is -0.496 e. The summed E-state index contributed by atoms with van der Waals surface area (Å²) in [5.74, 6) is 1.05. The molecule has 1 amide bonds. The molecule has 1 aliphatic heterocycles. The van der Waals surface area contributed by atoms with E-state index in [-0.39, 0.29) is 11.9 Å². The lowest BCUT2D eigenvalue weighted by molar-refractivity contribution is -0.121. The van der Waals surface area contributed by atoms with E-state index < -0.39 is 0 Å². The van der Waals surface area contributed by atoms with Crippen LogP contribution in [0.4, 0.5) is 0 Å². The molecule has 1 heterocycles. The van der Waals surface area contributed by atoms with Gasteiger partial charge >= 0.3 is 0 Å². The molecule has 1 aromatic rings. The van der Waals surface area contributed by atoms with Crippen molar-refractivity contribution in [3.8, 4) is 5.75 Å². The number of amides is 1. The molecule has 0 bridgehead atoms. The van der Waals surface area contributed by atoms with Crippen LogP contribution in [-0.2, 0) is 4.79 Å². The highest BCUT2D eigenvalue weighted by atomic mass is 16.5. The van der Waals surface area contributed by atoms with Gasteiger partial charge in [0.1, 0.15) is 5.75 Å². The minimum atomic E-state index is 0.139. The molecule has 3 nitrogen and oxygen atoms in total. The van der Waals surface area contributed by atoms with Crippen LogP contribution in [0.15, 0.2) is 18.2 Å². The summed E-state index contributed by atoms with van der Waals surface area (Å²) in [4.78, 5) is 11.6. The van der Waals surface area contributed by atoms with Crippen LogP contribution in [-0.4, -0.2) is 13.0 Å². The van der Waals surface area contributed by atoms with Gasteiger partial charge in [0.05, 0.1) is 13.2 Å². The average Bonchev–Trinajstić information content (AvgIpc) is 2.54. The number of ether oxygens (including phenoxy) is 1. The first-order chi connectivity index (χ1) is 8.22. The van der Waals surface area contributed by atoms with Gasteiger partial charge in [0.2, 0.25) is 5.91 Å². The van der Waals surface area contributed by atoms with Crippen molar-refractivity contribution < 1.29 is 9.53 Å². The van der Waals surface area contributed by atoms with Gasteiger partial charge in [-0.15, -0.1) is 0 Å². The summed E-state index contributed by atoms with van der Waals surface area (Å²) in [6.07, 6.45) is 3.75. The van der Waals surface area contributed by atoms with E-state index >= 15 is 0 Å². The molecule has 0 aromatic heterocycles. The molecule has 17 heavy (non-hydrogen) atoms. The van der Waals surface area contributed by atoms with E-state index in [1.807, 2.05) is 19.1 Å². The van der Waals surface area contributed by atoms with E-state index in [2.05, 4.69) is 11.4 Å². The SMILES string of the molecule is COc1cccc(C2CCCCC(=O)N2)c1C. The quantitative estimate of drug-likeness (QED) is 0.853. The molecule has 92 valence electrons. The van der Waals surface area contributed by atoms with E-state index in [4.69, 9.17) is 4.74 Å². The Kier molecular flexibility index (Phi) is 3.67. The van der Waals surface area contributed by atoms with Gasteiger partial charge in [-0.3, -0.25) is 4.79 Å². The molecule has 1 aliphatic rings. The second-order valence-corrected chi connectivity index (χ2v) is 4.54. The lowest BCUT2D eigenvalue weighted by Crippen LogP contribution is -2.26. The number of methoxy groups -OCH3 is 1. The Morgan fingerprint density at radius 2 is 2.18 bits per heavy atom. The molecule has 1 saturated heterocycles. The fourth-order valence-electron chi connectivity index (χ4n) is 2.44. The van der Waals surface area contributed by atoms with Gasteiger partial charge in [0.25, 0.3) is 0 Å². The molecule has 0 radical (unpaired) electrons. The topological polar surface area (TPSA) is 38.3 Å². The van der Waals surface area contributed by atoms with Gasteiger partial charge in [0.15, 0.2) is 0 Å². The molecule has 1 N–H and O–H groups in total. The Morgan fingerprint density at radius 3 is 2.94 bits per heavy atom. The smallest absolute Gasteiger partial charge is 0.220 e. The van der Waals surface area contributed by atoms with Gasteiger partial charge in [-0.2, -0.15) is 0 Å². The maximum absolute atomic E-state index is 11.6. The lowest BCUT2D eigenvalue weighted by Gasteiger charge is -2.19. The highest BCUT2D eigenvalue weighted by Crippen LogP contribution is 2.30. The Morgan fingerprint density at radius 1 is 1.35 bits per heavy atom. The van der Waals surface area contributed by atoms with E-state index in [9.17, 15) is 4.79 Å². The first-order valence-corrected chi connectivity index (χ1v) is 6.15. The molecule has 1 fully saturated rings. The van der Waals surface area contributed by atoms with Crippen LogP contribution in [0.5, 0.6) is 5.75 Å². The Labute approximate surface area is 102 Å². The summed E-state index contributed by atoms with van der Waals surface area (Å²) in [6, 6.07) is 6.16. The zero-order chi connectivity index (χ0) is 12.3. The summed E-state index contributed by atoms with van der Waals surface area (Å²) in [5.41, 5.74) is 2.31. The highest BCUT2D eigenvalue weighted by Gasteiger charge is 2.20. The average molecular weight is 233 g/mol. The van der Waals surface area contributed by atoms with Crippen LogP contribution in [0, 0.1) is 6.92 Å². The van der Waals surface area contributed by atoms with E-state index in [1.165, 1.54) is 5.56 Å². The number of rotatable bonds is 2. The van der Waals surface area contributed by atoms with Gasteiger partial charge in [-0.05, 0) is 37.0 Å². The second-order valence-electron chi connectivity index (χ2n) is 4.54. The minimum absolute atomic E-state index is 0.139. The normalized spacial score (nSPS) is 20.6. The number of hydrogen-bond donors (Lipinski definition) is 1. The first kappa shape index (κ1) is 12.0. The van der Waals surface area contributed by atoms with Crippen molar-refractivity contribution in [1.29, 1.82) is 0 Å². The maximum Gasteiger partial charge on any atom is 0.220 e. The standard InChI is InChI=1S/C14H19NO2/c1-10-11(6-5-8-13(10)17-2)12-7-3-4-9-14(16)15-12/h5-6,8,12H,3-4,7,9H2,1-2H3,(H,15,16). The molecule has 1 unspecified atom stereocenters. The van der Waals surface area contributed by atoms with Crippen LogP contribution >= 0.6 is 0 Å². The predicted molar refractivity (Wildman–Crippen MR) is 67.1 cm³/mol. The second kappa shape index (κ2) is 5.21. The van der Waals surface area contributed by atoms with Crippen molar-refractivity contribution in [2.75, 3.05) is 7.11 Å². The van der Waals surface area contributed by atoms with Crippen LogP contribution in [0.25, 0.3) is 0 Å². The fraction of sp³-hybridized carbons (Fsp3) is 0.500. The molecular weight excluding hydrogens is 214 g/mol. The fourth-order valence-corrected chi connectivity index (χ4v) is 2.44. The largest absolute Gasteiger partial charge is 0.496 e. The molecule has 1 atom stereocenters. The van der Waals surface area contributed by atoms with Gasteiger partial charge in [0, 0.05) is 6.42 Å². The Bertz CT molecular complexity index is 415. The summed E-state index contributed by atoms with van der Waals surface area (Å²) < 4.78 is 5.32. The third-order valence-corrected chi connectivity index (χ3v) is 3.40. The van der Waals surface area contributed by atoms with E-state index in [0.29, 0.717) is 6.42 Å². The summed E-state index contributed by atoms with van der Waals surface area (Å²) >= 11 is 0. The van der Waals surface area contributed by atoms with Crippen LogP contribution in [0.1, 0.15) is 42.9 Å². The van der Waals surface area contributed by atoms with Crippen molar-refractivity contribution in [2.24, 2.45) is 0 Å². The monoisotopic (exact) mass is 233 g/mol. The van der Waals surface area contributed by atoms with Crippen LogP contribution in [0.2, 0.25) is 0 Å². The predicted octanol–water partition coefficient (Wildman–Crippen LogP) is 2.73. The number of benzene rings is 1. The molecule has 0 aliphatic carbocycles. The Hall–Kier alpha value is -1.51. The van der Waals surface area contributed by atoms with Crippen molar-refractivity contribution in [2.45, 2.75) is 38.6 Å². The van der Waals surface area contributed by atoms with Crippen molar-refractivity contribution >= 4 is 5.91 Å². The van der Waals surface area contributed by atoms with Crippen molar-refractivity contribution in [1.82, 2.24) is 5.32 Å². The number of nitrogens with one attached hydrogen (secondary N) is 1. The molecular formula is C14H19NO2. The molecule has 3 heteroatoms. The van der Waals surface area contributed by atoms with Gasteiger partial charge in [-0.25, -0.2) is 0 Å². The highest BCUT2D eigenvalue weighted by molar-refractivity contribution is 5.76. The third kappa shape index (κ3) is 2.60.